The standard InChI is InChI=1S/C19H23NO2/c1-4-16-10-8-9-13-18(16)22-14-19(21)20(3)15(2)17-11-6-5-7-12-17/h5-13,15H,4,14H2,1-3H3. The molecule has 0 N–H and O–H groups in total. The monoisotopic (exact) mass is 297 g/mol. The summed E-state index contributed by atoms with van der Waals surface area (Å²) in [4.78, 5) is 14.1. The Balaban J connectivity index is 1.97. The summed E-state index contributed by atoms with van der Waals surface area (Å²) < 4.78 is 5.71. The van der Waals surface area contributed by atoms with Crippen LogP contribution in [0.1, 0.15) is 31.0 Å². The SMILES string of the molecule is CCc1ccccc1OCC(=O)N(C)C(C)c1ccccc1. The Labute approximate surface area is 132 Å². The lowest BCUT2D eigenvalue weighted by Gasteiger charge is -2.25. The molecule has 3 heteroatoms. The van der Waals surface area contributed by atoms with Gasteiger partial charge in [0.25, 0.3) is 5.91 Å². The molecule has 2 rings (SSSR count). The molecule has 0 saturated carbocycles. The predicted octanol–water partition coefficient (Wildman–Crippen LogP) is 3.85. The summed E-state index contributed by atoms with van der Waals surface area (Å²) in [6.07, 6.45) is 0.890. The molecule has 1 amide bonds. The van der Waals surface area contributed by atoms with Crippen LogP contribution in [0.15, 0.2) is 54.6 Å². The number of hydrogen-bond donors (Lipinski definition) is 0. The Morgan fingerprint density at radius 1 is 1.09 bits per heavy atom. The van der Waals surface area contributed by atoms with Crippen molar-refractivity contribution in [3.63, 3.8) is 0 Å². The third-order valence-electron chi connectivity index (χ3n) is 3.96. The Morgan fingerprint density at radius 3 is 2.41 bits per heavy atom. The van der Waals surface area contributed by atoms with Gasteiger partial charge in [0, 0.05) is 7.05 Å². The van der Waals surface area contributed by atoms with Gasteiger partial charge in [-0.1, -0.05) is 55.5 Å². The maximum absolute atomic E-state index is 12.3. The van der Waals surface area contributed by atoms with Gasteiger partial charge in [0.05, 0.1) is 6.04 Å². The van der Waals surface area contributed by atoms with Gasteiger partial charge in [-0.3, -0.25) is 4.79 Å². The first kappa shape index (κ1) is 16.1. The zero-order valence-electron chi connectivity index (χ0n) is 13.5. The highest BCUT2D eigenvalue weighted by Gasteiger charge is 2.17. The number of amides is 1. The van der Waals surface area contributed by atoms with Crippen molar-refractivity contribution >= 4 is 5.91 Å². The molecule has 2 aromatic carbocycles. The molecule has 2 aromatic rings. The second kappa shape index (κ2) is 7.64. The molecule has 0 spiro atoms. The lowest BCUT2D eigenvalue weighted by atomic mass is 10.1. The van der Waals surface area contributed by atoms with Crippen LogP contribution in [-0.2, 0) is 11.2 Å². The molecule has 22 heavy (non-hydrogen) atoms. The van der Waals surface area contributed by atoms with Crippen molar-refractivity contribution < 1.29 is 9.53 Å². The number of benzene rings is 2. The molecule has 0 aliphatic carbocycles. The van der Waals surface area contributed by atoms with E-state index in [0.29, 0.717) is 0 Å². The first-order valence-electron chi connectivity index (χ1n) is 7.64. The van der Waals surface area contributed by atoms with E-state index in [0.717, 1.165) is 23.3 Å². The van der Waals surface area contributed by atoms with Crippen LogP contribution in [0.3, 0.4) is 0 Å². The Hall–Kier alpha value is -2.29. The number of hydrogen-bond acceptors (Lipinski definition) is 2. The van der Waals surface area contributed by atoms with E-state index in [2.05, 4.69) is 6.92 Å². The third kappa shape index (κ3) is 3.88. The quantitative estimate of drug-likeness (QED) is 0.810. The van der Waals surface area contributed by atoms with E-state index in [9.17, 15) is 4.79 Å². The van der Waals surface area contributed by atoms with Crippen LogP contribution in [0.2, 0.25) is 0 Å². The van der Waals surface area contributed by atoms with Crippen LogP contribution in [0.5, 0.6) is 5.75 Å². The fraction of sp³-hybridized carbons (Fsp3) is 0.316. The number of carbonyl (C=O) groups is 1. The summed E-state index contributed by atoms with van der Waals surface area (Å²) in [5.41, 5.74) is 2.24. The molecule has 0 aliphatic rings. The summed E-state index contributed by atoms with van der Waals surface area (Å²) in [6.45, 7) is 4.16. The fourth-order valence-electron chi connectivity index (χ4n) is 2.35. The van der Waals surface area contributed by atoms with Crippen molar-refractivity contribution in [2.75, 3.05) is 13.7 Å². The van der Waals surface area contributed by atoms with Gasteiger partial charge in [-0.15, -0.1) is 0 Å². The number of ether oxygens (including phenoxy) is 1. The molecule has 0 aliphatic heterocycles. The summed E-state index contributed by atoms with van der Waals surface area (Å²) in [7, 11) is 1.81. The molecule has 116 valence electrons. The predicted molar refractivity (Wildman–Crippen MR) is 88.9 cm³/mol. The van der Waals surface area contributed by atoms with E-state index < -0.39 is 0 Å². The molecule has 0 fully saturated rings. The average Bonchev–Trinajstić information content (AvgIpc) is 2.59. The molecule has 1 unspecified atom stereocenters. The highest BCUT2D eigenvalue weighted by molar-refractivity contribution is 5.78. The van der Waals surface area contributed by atoms with Gasteiger partial charge in [-0.25, -0.2) is 0 Å². The first-order chi connectivity index (χ1) is 10.6. The van der Waals surface area contributed by atoms with Crippen molar-refractivity contribution in [3.05, 3.63) is 65.7 Å². The third-order valence-corrected chi connectivity index (χ3v) is 3.96. The van der Waals surface area contributed by atoms with Crippen LogP contribution in [0.25, 0.3) is 0 Å². The van der Waals surface area contributed by atoms with Crippen LogP contribution in [-0.4, -0.2) is 24.5 Å². The number of aryl methyl sites for hydroxylation is 1. The van der Waals surface area contributed by atoms with E-state index in [4.69, 9.17) is 4.74 Å². The Kier molecular flexibility index (Phi) is 5.59. The zero-order chi connectivity index (χ0) is 15.9. The van der Waals surface area contributed by atoms with Crippen LogP contribution in [0.4, 0.5) is 0 Å². The minimum Gasteiger partial charge on any atom is -0.483 e. The van der Waals surface area contributed by atoms with E-state index in [-0.39, 0.29) is 18.6 Å². The van der Waals surface area contributed by atoms with Gasteiger partial charge >= 0.3 is 0 Å². The normalized spacial score (nSPS) is 11.8. The number of nitrogens with zero attached hydrogens (tertiary/aromatic N) is 1. The first-order valence-corrected chi connectivity index (χ1v) is 7.64. The van der Waals surface area contributed by atoms with Crippen LogP contribution in [0, 0.1) is 0 Å². The molecular formula is C19H23NO2. The molecule has 1 atom stereocenters. The molecular weight excluding hydrogens is 274 g/mol. The molecule has 0 heterocycles. The lowest BCUT2D eigenvalue weighted by molar-refractivity contribution is -0.134. The van der Waals surface area contributed by atoms with Gasteiger partial charge in [-0.05, 0) is 30.5 Å². The topological polar surface area (TPSA) is 29.5 Å². The zero-order valence-corrected chi connectivity index (χ0v) is 13.5. The number of likely N-dealkylation sites (N-methyl/N-ethyl adjacent to an activating group) is 1. The van der Waals surface area contributed by atoms with Crippen molar-refractivity contribution in [1.82, 2.24) is 4.90 Å². The summed E-state index contributed by atoms with van der Waals surface area (Å²) in [5.74, 6) is 0.765. The summed E-state index contributed by atoms with van der Waals surface area (Å²) >= 11 is 0. The molecule has 0 aromatic heterocycles. The van der Waals surface area contributed by atoms with Gasteiger partial charge in [0.2, 0.25) is 0 Å². The fourth-order valence-corrected chi connectivity index (χ4v) is 2.35. The minimum absolute atomic E-state index is 0.0257. The van der Waals surface area contributed by atoms with E-state index >= 15 is 0 Å². The van der Waals surface area contributed by atoms with Crippen LogP contribution < -0.4 is 4.74 Å². The minimum atomic E-state index is -0.0257. The van der Waals surface area contributed by atoms with Crippen molar-refractivity contribution in [2.45, 2.75) is 26.3 Å². The van der Waals surface area contributed by atoms with E-state index in [1.807, 2.05) is 68.6 Å². The average molecular weight is 297 g/mol. The molecule has 0 saturated heterocycles. The molecule has 0 bridgehead atoms. The molecule has 0 radical (unpaired) electrons. The van der Waals surface area contributed by atoms with Crippen molar-refractivity contribution in [1.29, 1.82) is 0 Å². The van der Waals surface area contributed by atoms with Gasteiger partial charge in [-0.2, -0.15) is 0 Å². The van der Waals surface area contributed by atoms with E-state index in [1.165, 1.54) is 0 Å². The maximum atomic E-state index is 12.3. The maximum Gasteiger partial charge on any atom is 0.260 e. The smallest absolute Gasteiger partial charge is 0.260 e. The number of para-hydroxylation sites is 1. The molecule has 3 nitrogen and oxygen atoms in total. The second-order valence-electron chi connectivity index (χ2n) is 5.34. The largest absolute Gasteiger partial charge is 0.483 e. The van der Waals surface area contributed by atoms with Gasteiger partial charge < -0.3 is 9.64 Å². The Bertz CT molecular complexity index is 610. The number of rotatable bonds is 6. The van der Waals surface area contributed by atoms with Crippen molar-refractivity contribution in [2.24, 2.45) is 0 Å². The van der Waals surface area contributed by atoms with Gasteiger partial charge in [0.15, 0.2) is 6.61 Å². The summed E-state index contributed by atoms with van der Waals surface area (Å²) in [6, 6.07) is 17.9. The highest BCUT2D eigenvalue weighted by Crippen LogP contribution is 2.20. The number of carbonyl (C=O) groups excluding carboxylic acids is 1. The second-order valence-corrected chi connectivity index (χ2v) is 5.34. The van der Waals surface area contributed by atoms with Crippen LogP contribution >= 0.6 is 0 Å². The highest BCUT2D eigenvalue weighted by atomic mass is 16.5. The Morgan fingerprint density at radius 2 is 1.73 bits per heavy atom. The van der Waals surface area contributed by atoms with Crippen molar-refractivity contribution in [3.8, 4) is 5.75 Å². The van der Waals surface area contributed by atoms with E-state index in [1.54, 1.807) is 4.90 Å². The lowest BCUT2D eigenvalue weighted by Crippen LogP contribution is -2.33. The van der Waals surface area contributed by atoms with Gasteiger partial charge in [0.1, 0.15) is 5.75 Å². The summed E-state index contributed by atoms with van der Waals surface area (Å²) in [5, 5.41) is 0.